The summed E-state index contributed by atoms with van der Waals surface area (Å²) in [5.41, 5.74) is 2.13. The molecule has 0 amide bonds. The van der Waals surface area contributed by atoms with Gasteiger partial charge in [-0.3, -0.25) is 0 Å². The Morgan fingerprint density at radius 1 is 1.26 bits per heavy atom. The highest BCUT2D eigenvalue weighted by Crippen LogP contribution is 2.17. The molecule has 0 spiro atoms. The summed E-state index contributed by atoms with van der Waals surface area (Å²) in [5, 5.41) is 7.29. The fourth-order valence-electron chi connectivity index (χ4n) is 2.45. The minimum Gasteiger partial charge on any atom is -0.357 e. The molecule has 0 radical (unpaired) electrons. The number of aromatic nitrogens is 1. The van der Waals surface area contributed by atoms with Gasteiger partial charge >= 0.3 is 0 Å². The van der Waals surface area contributed by atoms with Crippen LogP contribution in [0.4, 0.5) is 4.39 Å². The van der Waals surface area contributed by atoms with Gasteiger partial charge in [0, 0.05) is 17.7 Å². The summed E-state index contributed by atoms with van der Waals surface area (Å²) < 4.78 is 36.8. The molecule has 0 aliphatic heterocycles. The molecule has 0 fully saturated rings. The van der Waals surface area contributed by atoms with E-state index in [1.807, 2.05) is 20.8 Å². The maximum atomic E-state index is 13.6. The maximum absolute atomic E-state index is 13.6. The molecule has 0 aliphatic rings. The van der Waals surface area contributed by atoms with Gasteiger partial charge in [0.25, 0.3) is 0 Å². The van der Waals surface area contributed by atoms with E-state index in [0.717, 1.165) is 17.0 Å². The third-order valence-electron chi connectivity index (χ3n) is 3.82. The Morgan fingerprint density at radius 3 is 2.59 bits per heavy atom. The summed E-state index contributed by atoms with van der Waals surface area (Å²) in [6.07, 6.45) is 1.16. The molecule has 1 heterocycles. The molecule has 0 saturated heterocycles. The molecule has 0 saturated carbocycles. The highest BCUT2D eigenvalue weighted by molar-refractivity contribution is 7.89. The normalized spacial score (nSPS) is 12.3. The fourth-order valence-corrected chi connectivity index (χ4v) is 4.17. The van der Waals surface area contributed by atoms with Gasteiger partial charge in [-0.2, -0.15) is 0 Å². The van der Waals surface area contributed by atoms with Crippen LogP contribution in [0, 0.1) is 19.7 Å². The van der Waals surface area contributed by atoms with Crippen LogP contribution in [-0.2, 0) is 28.7 Å². The van der Waals surface area contributed by atoms with E-state index >= 15 is 0 Å². The van der Waals surface area contributed by atoms with E-state index in [1.165, 1.54) is 23.1 Å². The Hall–Kier alpha value is -2.00. The van der Waals surface area contributed by atoms with Crippen molar-refractivity contribution in [3.8, 4) is 0 Å². The molecule has 1 aromatic carbocycles. The highest BCUT2D eigenvalue weighted by atomic mass is 32.2. The second kappa shape index (κ2) is 9.27. The lowest BCUT2D eigenvalue weighted by atomic mass is 10.1. The molecular weight excluding hydrogens is 387 g/mol. The van der Waals surface area contributed by atoms with Crippen LogP contribution >= 0.6 is 11.3 Å². The molecule has 2 aromatic rings. The maximum Gasteiger partial charge on any atom is 0.191 e. The molecule has 9 heteroatoms. The van der Waals surface area contributed by atoms with E-state index in [1.54, 1.807) is 11.3 Å². The molecular formula is C18H25FN4O2S2. The van der Waals surface area contributed by atoms with E-state index in [9.17, 15) is 12.8 Å². The third-order valence-corrected chi connectivity index (χ3v) is 5.73. The van der Waals surface area contributed by atoms with E-state index in [0.29, 0.717) is 30.2 Å². The Kier molecular flexibility index (Phi) is 7.32. The van der Waals surface area contributed by atoms with Gasteiger partial charge in [0.1, 0.15) is 10.8 Å². The molecule has 148 valence electrons. The zero-order valence-corrected chi connectivity index (χ0v) is 17.6. The number of nitrogens with one attached hydrogen (secondary N) is 2. The molecule has 0 aliphatic carbocycles. The number of aliphatic imine (C=N–C) groups is 1. The number of benzene rings is 1. The molecule has 2 N–H and O–H groups in total. The van der Waals surface area contributed by atoms with E-state index in [4.69, 9.17) is 0 Å². The molecule has 27 heavy (non-hydrogen) atoms. The second-order valence-corrected chi connectivity index (χ2v) is 9.71. The van der Waals surface area contributed by atoms with Gasteiger partial charge in [0.2, 0.25) is 0 Å². The number of aryl methyl sites for hydroxylation is 2. The molecule has 0 bridgehead atoms. The van der Waals surface area contributed by atoms with Crippen LogP contribution in [-0.4, -0.2) is 32.2 Å². The lowest BCUT2D eigenvalue weighted by Crippen LogP contribution is -2.36. The van der Waals surface area contributed by atoms with Crippen molar-refractivity contribution in [1.82, 2.24) is 15.6 Å². The standard InChI is InChI=1S/C18H25FN4O2S2/c1-5-20-18(22-10-17-23-12(2)13(3)26-17)21-9-15-8-16(19)7-6-14(15)11-27(4,24)25/h6-8H,5,9-11H2,1-4H3,(H2,20,21,22). The van der Waals surface area contributed by atoms with Crippen molar-refractivity contribution in [3.05, 3.63) is 50.7 Å². The van der Waals surface area contributed by atoms with Crippen LogP contribution < -0.4 is 10.6 Å². The summed E-state index contributed by atoms with van der Waals surface area (Å²) in [7, 11) is -3.22. The number of guanidine groups is 1. The lowest BCUT2D eigenvalue weighted by molar-refractivity contribution is 0.600. The number of halogens is 1. The summed E-state index contributed by atoms with van der Waals surface area (Å²) in [6.45, 7) is 7.33. The van der Waals surface area contributed by atoms with Crippen LogP contribution in [0.5, 0.6) is 0 Å². The first kappa shape index (κ1) is 21.3. The Bertz CT molecular complexity index is 904. The van der Waals surface area contributed by atoms with Crippen molar-refractivity contribution in [2.24, 2.45) is 4.99 Å². The summed E-state index contributed by atoms with van der Waals surface area (Å²) >= 11 is 1.63. The number of sulfone groups is 1. The topological polar surface area (TPSA) is 83.5 Å². The largest absolute Gasteiger partial charge is 0.357 e. The minimum absolute atomic E-state index is 0.139. The summed E-state index contributed by atoms with van der Waals surface area (Å²) in [5.74, 6) is 0.0153. The van der Waals surface area contributed by atoms with Crippen LogP contribution in [0.1, 0.15) is 33.6 Å². The number of thiazole rings is 1. The molecule has 2 rings (SSSR count). The average molecular weight is 413 g/mol. The quantitative estimate of drug-likeness (QED) is 0.540. The van der Waals surface area contributed by atoms with Gasteiger partial charge in [0.15, 0.2) is 15.8 Å². The average Bonchev–Trinajstić information content (AvgIpc) is 2.89. The molecule has 1 aromatic heterocycles. The van der Waals surface area contributed by atoms with Crippen LogP contribution in [0.15, 0.2) is 23.2 Å². The summed E-state index contributed by atoms with van der Waals surface area (Å²) in [4.78, 5) is 10.1. The van der Waals surface area contributed by atoms with Crippen molar-refractivity contribution >= 4 is 27.1 Å². The second-order valence-electron chi connectivity index (χ2n) is 6.28. The smallest absolute Gasteiger partial charge is 0.191 e. The third kappa shape index (κ3) is 6.91. The van der Waals surface area contributed by atoms with Gasteiger partial charge in [-0.25, -0.2) is 22.8 Å². The van der Waals surface area contributed by atoms with E-state index < -0.39 is 15.7 Å². The van der Waals surface area contributed by atoms with E-state index in [-0.39, 0.29) is 12.3 Å². The predicted molar refractivity (Wildman–Crippen MR) is 108 cm³/mol. The molecule has 6 nitrogen and oxygen atoms in total. The van der Waals surface area contributed by atoms with Crippen molar-refractivity contribution in [2.45, 2.75) is 39.6 Å². The SMILES string of the molecule is CCNC(=NCc1cc(F)ccc1CS(C)(=O)=O)NCc1nc(C)c(C)s1. The van der Waals surface area contributed by atoms with E-state index in [2.05, 4.69) is 20.6 Å². The number of rotatable bonds is 7. The van der Waals surface area contributed by atoms with Gasteiger partial charge in [-0.05, 0) is 44.0 Å². The van der Waals surface area contributed by atoms with Gasteiger partial charge in [0.05, 0.1) is 24.5 Å². The minimum atomic E-state index is -3.22. The molecule has 0 atom stereocenters. The van der Waals surface area contributed by atoms with Crippen LogP contribution in [0.3, 0.4) is 0 Å². The van der Waals surface area contributed by atoms with Crippen LogP contribution in [0.2, 0.25) is 0 Å². The highest BCUT2D eigenvalue weighted by Gasteiger charge is 2.11. The Balaban J connectivity index is 2.14. The lowest BCUT2D eigenvalue weighted by Gasteiger charge is -2.12. The van der Waals surface area contributed by atoms with Crippen molar-refractivity contribution in [1.29, 1.82) is 0 Å². The fraction of sp³-hybridized carbons (Fsp3) is 0.444. The summed E-state index contributed by atoms with van der Waals surface area (Å²) in [6, 6.07) is 4.11. The number of hydrogen-bond acceptors (Lipinski definition) is 5. The van der Waals surface area contributed by atoms with Gasteiger partial charge in [-0.15, -0.1) is 11.3 Å². The van der Waals surface area contributed by atoms with Gasteiger partial charge < -0.3 is 10.6 Å². The van der Waals surface area contributed by atoms with Crippen molar-refractivity contribution in [2.75, 3.05) is 12.8 Å². The molecule has 0 unspecified atom stereocenters. The first-order valence-electron chi connectivity index (χ1n) is 8.58. The number of hydrogen-bond donors (Lipinski definition) is 2. The Labute approximate surface area is 163 Å². The van der Waals surface area contributed by atoms with Crippen molar-refractivity contribution in [3.63, 3.8) is 0 Å². The zero-order chi connectivity index (χ0) is 20.0. The predicted octanol–water partition coefficient (Wildman–Crippen LogP) is 2.70. The monoisotopic (exact) mass is 412 g/mol. The van der Waals surface area contributed by atoms with Crippen LogP contribution in [0.25, 0.3) is 0 Å². The first-order valence-corrected chi connectivity index (χ1v) is 11.5. The van der Waals surface area contributed by atoms with Gasteiger partial charge in [-0.1, -0.05) is 6.07 Å². The Morgan fingerprint density at radius 2 is 2.00 bits per heavy atom. The number of nitrogens with zero attached hydrogens (tertiary/aromatic N) is 2. The zero-order valence-electron chi connectivity index (χ0n) is 16.0. The first-order chi connectivity index (χ1) is 12.7. The van der Waals surface area contributed by atoms with Crippen molar-refractivity contribution < 1.29 is 12.8 Å².